The van der Waals surface area contributed by atoms with Gasteiger partial charge in [0.15, 0.2) is 5.65 Å². The van der Waals surface area contributed by atoms with Gasteiger partial charge in [0.1, 0.15) is 6.54 Å². The fourth-order valence-electron chi connectivity index (χ4n) is 3.11. The number of aromatic nitrogens is 3. The van der Waals surface area contributed by atoms with Crippen molar-refractivity contribution in [3.8, 4) is 0 Å². The summed E-state index contributed by atoms with van der Waals surface area (Å²) in [4.78, 5) is 28.6. The summed E-state index contributed by atoms with van der Waals surface area (Å²) < 4.78 is 3.59. The molecule has 2 aromatic heterocycles. The Hall–Kier alpha value is -3.12. The van der Waals surface area contributed by atoms with Crippen LogP contribution in [0, 0.1) is 6.92 Å². The SMILES string of the molecule is Cc1cc(=O)nc2c3ccccc3n(CC(=O)Nc3ccccc3Cl)n12. The summed E-state index contributed by atoms with van der Waals surface area (Å²) in [5, 5.41) is 4.12. The maximum atomic E-state index is 12.6. The minimum absolute atomic E-state index is 0.0562. The number of aryl methyl sites for hydroxylation is 1. The molecule has 0 aliphatic carbocycles. The summed E-state index contributed by atoms with van der Waals surface area (Å²) in [5.41, 5.74) is 2.33. The molecule has 0 saturated heterocycles. The number of hydrogen-bond acceptors (Lipinski definition) is 3. The molecule has 7 heteroatoms. The first-order chi connectivity index (χ1) is 12.5. The highest BCUT2D eigenvalue weighted by atomic mass is 35.5. The van der Waals surface area contributed by atoms with E-state index in [1.165, 1.54) is 6.07 Å². The predicted octanol–water partition coefficient (Wildman–Crippen LogP) is 3.25. The van der Waals surface area contributed by atoms with E-state index < -0.39 is 0 Å². The van der Waals surface area contributed by atoms with Crippen LogP contribution in [0.15, 0.2) is 59.4 Å². The van der Waals surface area contributed by atoms with Crippen LogP contribution in [0.3, 0.4) is 0 Å². The molecule has 130 valence electrons. The van der Waals surface area contributed by atoms with Crippen LogP contribution in [0.25, 0.3) is 16.6 Å². The first-order valence-corrected chi connectivity index (χ1v) is 8.45. The molecule has 4 rings (SSSR count). The van der Waals surface area contributed by atoms with Crippen molar-refractivity contribution in [3.05, 3.63) is 75.7 Å². The van der Waals surface area contributed by atoms with E-state index in [1.807, 2.05) is 31.2 Å². The number of rotatable bonds is 3. The third-order valence-electron chi connectivity index (χ3n) is 4.19. The van der Waals surface area contributed by atoms with Crippen LogP contribution in [-0.2, 0) is 11.3 Å². The lowest BCUT2D eigenvalue weighted by Gasteiger charge is -2.11. The number of carbonyl (C=O) groups excluding carboxylic acids is 1. The quantitative estimate of drug-likeness (QED) is 0.605. The number of anilines is 1. The van der Waals surface area contributed by atoms with Gasteiger partial charge in [-0.05, 0) is 31.2 Å². The van der Waals surface area contributed by atoms with Crippen molar-refractivity contribution in [2.75, 3.05) is 5.32 Å². The highest BCUT2D eigenvalue weighted by molar-refractivity contribution is 6.33. The summed E-state index contributed by atoms with van der Waals surface area (Å²) in [5.74, 6) is -0.223. The number of para-hydroxylation sites is 2. The van der Waals surface area contributed by atoms with E-state index in [9.17, 15) is 9.59 Å². The maximum Gasteiger partial charge on any atom is 0.273 e. The number of benzene rings is 2. The summed E-state index contributed by atoms with van der Waals surface area (Å²) in [6.07, 6.45) is 0. The average Bonchev–Trinajstić information content (AvgIpc) is 2.91. The summed E-state index contributed by atoms with van der Waals surface area (Å²) in [6.45, 7) is 1.87. The average molecular weight is 367 g/mol. The Bertz CT molecular complexity index is 1210. The van der Waals surface area contributed by atoms with Crippen molar-refractivity contribution in [2.45, 2.75) is 13.5 Å². The molecule has 0 unspecified atom stereocenters. The maximum absolute atomic E-state index is 12.6. The Morgan fingerprint density at radius 3 is 2.69 bits per heavy atom. The zero-order chi connectivity index (χ0) is 18.3. The Morgan fingerprint density at radius 1 is 1.15 bits per heavy atom. The third kappa shape index (κ3) is 2.74. The molecule has 0 spiro atoms. The van der Waals surface area contributed by atoms with E-state index in [0.717, 1.165) is 10.9 Å². The van der Waals surface area contributed by atoms with Crippen LogP contribution >= 0.6 is 11.6 Å². The molecular weight excluding hydrogens is 352 g/mol. The second kappa shape index (κ2) is 6.31. The van der Waals surface area contributed by atoms with E-state index >= 15 is 0 Å². The van der Waals surface area contributed by atoms with Gasteiger partial charge in [-0.25, -0.2) is 4.52 Å². The molecule has 2 heterocycles. The third-order valence-corrected chi connectivity index (χ3v) is 4.52. The molecule has 0 aliphatic heterocycles. The predicted molar refractivity (Wildman–Crippen MR) is 102 cm³/mol. The smallest absolute Gasteiger partial charge is 0.273 e. The summed E-state index contributed by atoms with van der Waals surface area (Å²) in [7, 11) is 0. The van der Waals surface area contributed by atoms with E-state index in [4.69, 9.17) is 11.6 Å². The lowest BCUT2D eigenvalue weighted by Crippen LogP contribution is -2.23. The largest absolute Gasteiger partial charge is 0.323 e. The molecular formula is C19H15ClN4O2. The molecule has 26 heavy (non-hydrogen) atoms. The Balaban J connectivity index is 1.81. The molecule has 0 atom stereocenters. The number of amides is 1. The molecule has 2 aromatic carbocycles. The van der Waals surface area contributed by atoms with Crippen LogP contribution in [0.4, 0.5) is 5.69 Å². The molecule has 0 bridgehead atoms. The lowest BCUT2D eigenvalue weighted by atomic mass is 10.2. The number of nitrogens with zero attached hydrogens (tertiary/aromatic N) is 3. The standard InChI is InChI=1S/C19H15ClN4O2/c1-12-10-17(25)22-19-13-6-2-5-9-16(13)23(24(12)19)11-18(26)21-15-8-4-3-7-14(15)20/h2-10H,11H2,1H3,(H,21,26). The van der Waals surface area contributed by atoms with Gasteiger partial charge < -0.3 is 5.32 Å². The summed E-state index contributed by atoms with van der Waals surface area (Å²) >= 11 is 6.11. The second-order valence-corrected chi connectivity index (χ2v) is 6.38. The van der Waals surface area contributed by atoms with E-state index in [2.05, 4.69) is 10.3 Å². The molecule has 0 aliphatic rings. The van der Waals surface area contributed by atoms with Crippen LogP contribution in [0.2, 0.25) is 5.02 Å². The van der Waals surface area contributed by atoms with Gasteiger partial charge in [-0.2, -0.15) is 4.98 Å². The lowest BCUT2D eigenvalue weighted by molar-refractivity contribution is -0.116. The topological polar surface area (TPSA) is 68.4 Å². The van der Waals surface area contributed by atoms with Crippen LogP contribution < -0.4 is 10.9 Å². The van der Waals surface area contributed by atoms with Gasteiger partial charge in [0.25, 0.3) is 5.56 Å². The fourth-order valence-corrected chi connectivity index (χ4v) is 3.29. The Morgan fingerprint density at radius 2 is 1.88 bits per heavy atom. The van der Waals surface area contributed by atoms with Crippen LogP contribution in [0.5, 0.6) is 0 Å². The highest BCUT2D eigenvalue weighted by Crippen LogP contribution is 2.23. The van der Waals surface area contributed by atoms with Gasteiger partial charge in [0.05, 0.1) is 16.2 Å². The molecule has 1 N–H and O–H groups in total. The van der Waals surface area contributed by atoms with Crippen LogP contribution in [0.1, 0.15) is 5.69 Å². The van der Waals surface area contributed by atoms with E-state index in [0.29, 0.717) is 22.1 Å². The van der Waals surface area contributed by atoms with Gasteiger partial charge in [-0.15, -0.1) is 0 Å². The van der Waals surface area contributed by atoms with E-state index in [1.54, 1.807) is 33.5 Å². The van der Waals surface area contributed by atoms with Crippen molar-refractivity contribution < 1.29 is 4.79 Å². The fraction of sp³-hybridized carbons (Fsp3) is 0.105. The van der Waals surface area contributed by atoms with Crippen molar-refractivity contribution in [1.82, 2.24) is 14.2 Å². The molecule has 0 radical (unpaired) electrons. The Labute approximate surface area is 153 Å². The Kier molecular flexibility index (Phi) is 3.97. The first-order valence-electron chi connectivity index (χ1n) is 8.07. The molecule has 0 fully saturated rings. The minimum atomic E-state index is -0.300. The van der Waals surface area contributed by atoms with Gasteiger partial charge in [-0.1, -0.05) is 35.9 Å². The van der Waals surface area contributed by atoms with Crippen molar-refractivity contribution in [1.29, 1.82) is 0 Å². The zero-order valence-electron chi connectivity index (χ0n) is 13.9. The zero-order valence-corrected chi connectivity index (χ0v) is 14.7. The first kappa shape index (κ1) is 16.4. The van der Waals surface area contributed by atoms with Gasteiger partial charge in [0.2, 0.25) is 5.91 Å². The molecule has 0 saturated carbocycles. The number of halogens is 1. The highest BCUT2D eigenvalue weighted by Gasteiger charge is 2.16. The molecule has 6 nitrogen and oxygen atoms in total. The number of hydrogen-bond donors (Lipinski definition) is 1. The minimum Gasteiger partial charge on any atom is -0.323 e. The van der Waals surface area contributed by atoms with Crippen molar-refractivity contribution in [3.63, 3.8) is 0 Å². The monoisotopic (exact) mass is 366 g/mol. The summed E-state index contributed by atoms with van der Waals surface area (Å²) in [6, 6.07) is 16.1. The number of fused-ring (bicyclic) bond motifs is 3. The van der Waals surface area contributed by atoms with Crippen molar-refractivity contribution in [2.24, 2.45) is 0 Å². The van der Waals surface area contributed by atoms with Gasteiger partial charge in [-0.3, -0.25) is 14.3 Å². The van der Waals surface area contributed by atoms with E-state index in [-0.39, 0.29) is 18.0 Å². The van der Waals surface area contributed by atoms with Crippen LogP contribution in [-0.4, -0.2) is 20.1 Å². The van der Waals surface area contributed by atoms with Gasteiger partial charge in [0, 0.05) is 17.1 Å². The molecule has 4 aromatic rings. The van der Waals surface area contributed by atoms with Crippen molar-refractivity contribution >= 4 is 39.7 Å². The van der Waals surface area contributed by atoms with Gasteiger partial charge >= 0.3 is 0 Å². The molecule has 1 amide bonds. The number of carbonyl (C=O) groups is 1. The normalized spacial score (nSPS) is 11.2. The number of nitrogens with one attached hydrogen (secondary N) is 1. The second-order valence-electron chi connectivity index (χ2n) is 5.97.